The zero-order valence-corrected chi connectivity index (χ0v) is 13.4. The number of nitrogens with zero attached hydrogens (tertiary/aromatic N) is 1. The minimum Gasteiger partial charge on any atom is -0.395 e. The Balaban J connectivity index is 1.93. The molecule has 1 aromatic rings. The van der Waals surface area contributed by atoms with E-state index in [-0.39, 0.29) is 18.7 Å². The van der Waals surface area contributed by atoms with Crippen molar-refractivity contribution in [3.8, 4) is 0 Å². The minimum atomic E-state index is -0.131. The van der Waals surface area contributed by atoms with Crippen molar-refractivity contribution < 1.29 is 14.6 Å². The van der Waals surface area contributed by atoms with E-state index in [4.69, 9.17) is 4.74 Å². The molecule has 2 unspecified atom stereocenters. The fourth-order valence-corrected chi connectivity index (χ4v) is 2.64. The number of rotatable bonds is 6. The molecular formula is C17H26N2O3. The summed E-state index contributed by atoms with van der Waals surface area (Å²) in [5.74, 6) is 0.374. The summed E-state index contributed by atoms with van der Waals surface area (Å²) in [5.41, 5.74) is 2.25. The second kappa shape index (κ2) is 8.15. The standard InChI is InChI=1S/C17H26N2O3/c1-13-3-5-15(6-4-13)11-19(8-9-20)17(21)18-14(2)16-7-10-22-12-16/h3-6,14,16,20H,7-12H2,1-2H3,(H,18,21). The fourth-order valence-electron chi connectivity index (χ4n) is 2.64. The van der Waals surface area contributed by atoms with Gasteiger partial charge in [0.2, 0.25) is 0 Å². The first-order chi connectivity index (χ1) is 10.6. The molecule has 2 N–H and O–H groups in total. The molecule has 1 aromatic carbocycles. The zero-order valence-electron chi connectivity index (χ0n) is 13.4. The summed E-state index contributed by atoms with van der Waals surface area (Å²) in [6.07, 6.45) is 0.986. The topological polar surface area (TPSA) is 61.8 Å². The Labute approximate surface area is 132 Å². The van der Waals surface area contributed by atoms with E-state index in [2.05, 4.69) is 5.32 Å². The number of aliphatic hydroxyl groups is 1. The number of aryl methyl sites for hydroxylation is 1. The average Bonchev–Trinajstić information content (AvgIpc) is 3.03. The number of benzene rings is 1. The molecule has 0 aliphatic carbocycles. The normalized spacial score (nSPS) is 19.0. The van der Waals surface area contributed by atoms with Gasteiger partial charge in [0.15, 0.2) is 0 Å². The third-order valence-electron chi connectivity index (χ3n) is 4.17. The number of carbonyl (C=O) groups excluding carboxylic acids is 1. The van der Waals surface area contributed by atoms with Crippen molar-refractivity contribution in [2.75, 3.05) is 26.4 Å². The van der Waals surface area contributed by atoms with Crippen molar-refractivity contribution in [2.24, 2.45) is 5.92 Å². The Hall–Kier alpha value is -1.59. The smallest absolute Gasteiger partial charge is 0.317 e. The van der Waals surface area contributed by atoms with Crippen LogP contribution in [0.2, 0.25) is 0 Å². The highest BCUT2D eigenvalue weighted by atomic mass is 16.5. The van der Waals surface area contributed by atoms with Crippen LogP contribution in [0.25, 0.3) is 0 Å². The maximum Gasteiger partial charge on any atom is 0.317 e. The van der Waals surface area contributed by atoms with Gasteiger partial charge in [-0.25, -0.2) is 4.79 Å². The van der Waals surface area contributed by atoms with Gasteiger partial charge in [0.05, 0.1) is 13.2 Å². The highest BCUT2D eigenvalue weighted by molar-refractivity contribution is 5.74. The summed E-state index contributed by atoms with van der Waals surface area (Å²) in [7, 11) is 0. The predicted octanol–water partition coefficient (Wildman–Crippen LogP) is 1.92. The molecule has 0 spiro atoms. The summed E-state index contributed by atoms with van der Waals surface area (Å²) in [6.45, 7) is 6.32. The molecule has 1 heterocycles. The second-order valence-electron chi connectivity index (χ2n) is 5.99. The van der Waals surface area contributed by atoms with E-state index >= 15 is 0 Å². The molecule has 2 atom stereocenters. The molecule has 5 nitrogen and oxygen atoms in total. The quantitative estimate of drug-likeness (QED) is 0.844. The lowest BCUT2D eigenvalue weighted by Gasteiger charge is -2.26. The van der Waals surface area contributed by atoms with Crippen LogP contribution in [0.4, 0.5) is 4.79 Å². The Morgan fingerprint density at radius 3 is 2.77 bits per heavy atom. The molecule has 0 aromatic heterocycles. The van der Waals surface area contributed by atoms with Gasteiger partial charge in [-0.05, 0) is 25.8 Å². The van der Waals surface area contributed by atoms with Gasteiger partial charge in [-0.2, -0.15) is 0 Å². The third-order valence-corrected chi connectivity index (χ3v) is 4.17. The predicted molar refractivity (Wildman–Crippen MR) is 85.6 cm³/mol. The molecule has 1 aliphatic rings. The largest absolute Gasteiger partial charge is 0.395 e. The highest BCUT2D eigenvalue weighted by Gasteiger charge is 2.25. The minimum absolute atomic E-state index is 0.0415. The molecule has 2 rings (SSSR count). The van der Waals surface area contributed by atoms with E-state index in [0.717, 1.165) is 18.6 Å². The summed E-state index contributed by atoms with van der Waals surface area (Å²) >= 11 is 0. The molecule has 1 saturated heterocycles. The maximum atomic E-state index is 12.4. The molecule has 0 bridgehead atoms. The van der Waals surface area contributed by atoms with Gasteiger partial charge >= 0.3 is 6.03 Å². The second-order valence-corrected chi connectivity index (χ2v) is 5.99. The Morgan fingerprint density at radius 1 is 1.45 bits per heavy atom. The van der Waals surface area contributed by atoms with Crippen molar-refractivity contribution in [1.82, 2.24) is 10.2 Å². The van der Waals surface area contributed by atoms with Crippen molar-refractivity contribution in [3.63, 3.8) is 0 Å². The van der Waals surface area contributed by atoms with E-state index in [1.165, 1.54) is 5.56 Å². The lowest BCUT2D eigenvalue weighted by Crippen LogP contribution is -2.47. The first-order valence-electron chi connectivity index (χ1n) is 7.89. The van der Waals surface area contributed by atoms with Gasteiger partial charge < -0.3 is 20.1 Å². The number of amides is 2. The zero-order chi connectivity index (χ0) is 15.9. The lowest BCUT2D eigenvalue weighted by atomic mass is 10.0. The van der Waals surface area contributed by atoms with Crippen LogP contribution in [-0.4, -0.2) is 48.4 Å². The molecule has 0 radical (unpaired) electrons. The number of carbonyl (C=O) groups is 1. The Bertz CT molecular complexity index is 469. The van der Waals surface area contributed by atoms with E-state index in [1.807, 2.05) is 38.1 Å². The summed E-state index contributed by atoms with van der Waals surface area (Å²) in [5, 5.41) is 12.2. The van der Waals surface area contributed by atoms with Gasteiger partial charge in [-0.3, -0.25) is 0 Å². The molecule has 5 heteroatoms. The van der Waals surface area contributed by atoms with Crippen LogP contribution in [0, 0.1) is 12.8 Å². The molecule has 122 valence electrons. The van der Waals surface area contributed by atoms with E-state index in [1.54, 1.807) is 4.90 Å². The molecule has 22 heavy (non-hydrogen) atoms. The monoisotopic (exact) mass is 306 g/mol. The summed E-state index contributed by atoms with van der Waals surface area (Å²) in [4.78, 5) is 14.1. The number of nitrogens with one attached hydrogen (secondary N) is 1. The molecule has 0 saturated carbocycles. The van der Waals surface area contributed by atoms with Gasteiger partial charge in [0.1, 0.15) is 0 Å². The highest BCUT2D eigenvalue weighted by Crippen LogP contribution is 2.17. The van der Waals surface area contributed by atoms with Crippen molar-refractivity contribution in [1.29, 1.82) is 0 Å². The van der Waals surface area contributed by atoms with E-state index < -0.39 is 0 Å². The van der Waals surface area contributed by atoms with E-state index in [9.17, 15) is 9.90 Å². The van der Waals surface area contributed by atoms with Gasteiger partial charge in [0.25, 0.3) is 0 Å². The molecule has 1 aliphatic heterocycles. The number of aliphatic hydroxyl groups excluding tert-OH is 1. The van der Waals surface area contributed by atoms with Crippen LogP contribution in [0.1, 0.15) is 24.5 Å². The van der Waals surface area contributed by atoms with Crippen molar-refractivity contribution >= 4 is 6.03 Å². The Morgan fingerprint density at radius 2 is 2.18 bits per heavy atom. The molecule has 2 amide bonds. The number of hydrogen-bond acceptors (Lipinski definition) is 3. The van der Waals surface area contributed by atoms with Crippen LogP contribution in [0.5, 0.6) is 0 Å². The van der Waals surface area contributed by atoms with Crippen molar-refractivity contribution in [2.45, 2.75) is 32.9 Å². The van der Waals surface area contributed by atoms with Crippen LogP contribution in [0.3, 0.4) is 0 Å². The third kappa shape index (κ3) is 4.71. The molecular weight excluding hydrogens is 280 g/mol. The van der Waals surface area contributed by atoms with Crippen LogP contribution in [-0.2, 0) is 11.3 Å². The SMILES string of the molecule is Cc1ccc(CN(CCO)C(=O)NC(C)C2CCOC2)cc1. The van der Waals surface area contributed by atoms with E-state index in [0.29, 0.717) is 25.6 Å². The Kier molecular flexibility index (Phi) is 6.21. The molecule has 1 fully saturated rings. The van der Waals surface area contributed by atoms with Gasteiger partial charge in [-0.1, -0.05) is 29.8 Å². The van der Waals surface area contributed by atoms with Crippen LogP contribution < -0.4 is 5.32 Å². The van der Waals surface area contributed by atoms with Crippen LogP contribution >= 0.6 is 0 Å². The fraction of sp³-hybridized carbons (Fsp3) is 0.588. The van der Waals surface area contributed by atoms with Gasteiger partial charge in [0, 0.05) is 31.7 Å². The first-order valence-corrected chi connectivity index (χ1v) is 7.89. The summed E-state index contributed by atoms with van der Waals surface area (Å²) in [6, 6.07) is 8.04. The number of hydrogen-bond donors (Lipinski definition) is 2. The summed E-state index contributed by atoms with van der Waals surface area (Å²) < 4.78 is 5.37. The number of urea groups is 1. The number of ether oxygens (including phenoxy) is 1. The lowest BCUT2D eigenvalue weighted by molar-refractivity contribution is 0.160. The van der Waals surface area contributed by atoms with Gasteiger partial charge in [-0.15, -0.1) is 0 Å². The average molecular weight is 306 g/mol. The van der Waals surface area contributed by atoms with Crippen molar-refractivity contribution in [3.05, 3.63) is 35.4 Å². The van der Waals surface area contributed by atoms with Crippen LogP contribution in [0.15, 0.2) is 24.3 Å². The first kappa shape index (κ1) is 16.8. The maximum absolute atomic E-state index is 12.4.